The zero-order valence-electron chi connectivity index (χ0n) is 9.05. The van der Waals surface area contributed by atoms with Gasteiger partial charge in [-0.15, -0.1) is 0 Å². The topological polar surface area (TPSA) is 21.3 Å². The van der Waals surface area contributed by atoms with Crippen LogP contribution in [0.5, 0.6) is 5.75 Å². The van der Waals surface area contributed by atoms with E-state index in [1.165, 1.54) is 16.7 Å². The van der Waals surface area contributed by atoms with E-state index in [4.69, 9.17) is 4.74 Å². The molecule has 1 aliphatic rings. The number of methoxy groups -OCH3 is 1. The lowest BCUT2D eigenvalue weighted by atomic mass is 9.90. The van der Waals surface area contributed by atoms with Crippen LogP contribution >= 0.6 is 0 Å². The quantitative estimate of drug-likeness (QED) is 0.772. The molecule has 1 N–H and O–H groups in total. The molecule has 1 aromatic carbocycles. The molecule has 1 fully saturated rings. The largest absolute Gasteiger partial charge is 0.496 e. The van der Waals surface area contributed by atoms with Gasteiger partial charge in [-0.1, -0.05) is 12.1 Å². The highest BCUT2D eigenvalue weighted by Gasteiger charge is 2.23. The predicted molar refractivity (Wildman–Crippen MR) is 58.1 cm³/mol. The Balaban J connectivity index is 2.43. The Labute approximate surface area is 85.3 Å². The number of benzene rings is 1. The molecule has 1 heterocycles. The molecule has 0 radical (unpaired) electrons. The minimum Gasteiger partial charge on any atom is -0.496 e. The second-order valence-electron chi connectivity index (χ2n) is 3.99. The van der Waals surface area contributed by atoms with Crippen LogP contribution in [0.25, 0.3) is 0 Å². The highest BCUT2D eigenvalue weighted by atomic mass is 16.5. The van der Waals surface area contributed by atoms with E-state index >= 15 is 0 Å². The lowest BCUT2D eigenvalue weighted by Crippen LogP contribution is -2.40. The minimum atomic E-state index is 0.643. The highest BCUT2D eigenvalue weighted by Crippen LogP contribution is 2.33. The summed E-state index contributed by atoms with van der Waals surface area (Å²) in [5, 5.41) is 3.29. The van der Waals surface area contributed by atoms with Crippen LogP contribution in [0.4, 0.5) is 0 Å². The van der Waals surface area contributed by atoms with E-state index in [1.54, 1.807) is 7.11 Å². The maximum Gasteiger partial charge on any atom is 0.125 e. The van der Waals surface area contributed by atoms with Crippen molar-refractivity contribution in [1.82, 2.24) is 5.32 Å². The van der Waals surface area contributed by atoms with Crippen molar-refractivity contribution in [2.45, 2.75) is 19.8 Å². The van der Waals surface area contributed by atoms with Gasteiger partial charge in [-0.05, 0) is 25.0 Å². The molecule has 0 atom stereocenters. The summed E-state index contributed by atoms with van der Waals surface area (Å²) in [5.41, 5.74) is 3.93. The molecule has 0 unspecified atom stereocenters. The van der Waals surface area contributed by atoms with Gasteiger partial charge in [0.2, 0.25) is 0 Å². The molecule has 2 nitrogen and oxygen atoms in total. The summed E-state index contributed by atoms with van der Waals surface area (Å²) < 4.78 is 5.49. The summed E-state index contributed by atoms with van der Waals surface area (Å²) in [6.07, 6.45) is 0. The maximum absolute atomic E-state index is 5.49. The molecule has 1 aliphatic heterocycles. The third-order valence-corrected chi connectivity index (χ3v) is 3.13. The first-order valence-electron chi connectivity index (χ1n) is 5.09. The molecule has 1 saturated heterocycles. The van der Waals surface area contributed by atoms with Crippen molar-refractivity contribution in [3.05, 3.63) is 28.8 Å². The van der Waals surface area contributed by atoms with E-state index in [1.807, 2.05) is 0 Å². The van der Waals surface area contributed by atoms with Gasteiger partial charge >= 0.3 is 0 Å². The van der Waals surface area contributed by atoms with Gasteiger partial charge in [-0.3, -0.25) is 0 Å². The molecule has 0 bridgehead atoms. The molecule has 0 spiro atoms. The molecule has 14 heavy (non-hydrogen) atoms. The first-order chi connectivity index (χ1) is 6.74. The van der Waals surface area contributed by atoms with Crippen LogP contribution in [0.3, 0.4) is 0 Å². The SMILES string of the molecule is COc1c(C2CNC2)ccc(C)c1C. The molecule has 0 aliphatic carbocycles. The van der Waals surface area contributed by atoms with Crippen molar-refractivity contribution in [2.75, 3.05) is 20.2 Å². The molecular weight excluding hydrogens is 174 g/mol. The zero-order chi connectivity index (χ0) is 10.1. The van der Waals surface area contributed by atoms with Crippen LogP contribution < -0.4 is 10.1 Å². The van der Waals surface area contributed by atoms with Crippen molar-refractivity contribution in [1.29, 1.82) is 0 Å². The molecule has 2 heteroatoms. The summed E-state index contributed by atoms with van der Waals surface area (Å²) in [7, 11) is 1.76. The van der Waals surface area contributed by atoms with Gasteiger partial charge in [0.1, 0.15) is 5.75 Å². The van der Waals surface area contributed by atoms with E-state index in [2.05, 4.69) is 31.3 Å². The van der Waals surface area contributed by atoms with Gasteiger partial charge in [-0.2, -0.15) is 0 Å². The van der Waals surface area contributed by atoms with E-state index in [9.17, 15) is 0 Å². The second-order valence-corrected chi connectivity index (χ2v) is 3.99. The summed E-state index contributed by atoms with van der Waals surface area (Å²) in [6.45, 7) is 6.42. The van der Waals surface area contributed by atoms with Crippen LogP contribution in [-0.2, 0) is 0 Å². The smallest absolute Gasteiger partial charge is 0.125 e. The third kappa shape index (κ3) is 1.40. The van der Waals surface area contributed by atoms with Gasteiger partial charge < -0.3 is 10.1 Å². The Bertz CT molecular complexity index is 342. The van der Waals surface area contributed by atoms with Gasteiger partial charge in [0.25, 0.3) is 0 Å². The van der Waals surface area contributed by atoms with Gasteiger partial charge in [0.05, 0.1) is 7.11 Å². The lowest BCUT2D eigenvalue weighted by molar-refractivity contribution is 0.382. The van der Waals surface area contributed by atoms with Crippen LogP contribution in [0.1, 0.15) is 22.6 Å². The number of nitrogens with one attached hydrogen (secondary N) is 1. The zero-order valence-corrected chi connectivity index (χ0v) is 9.05. The second kappa shape index (κ2) is 3.62. The molecule has 0 aromatic heterocycles. The number of aryl methyl sites for hydroxylation is 1. The molecule has 76 valence electrons. The summed E-state index contributed by atoms with van der Waals surface area (Å²) in [5.74, 6) is 1.72. The van der Waals surface area contributed by atoms with Crippen LogP contribution in [0, 0.1) is 13.8 Å². The van der Waals surface area contributed by atoms with Crippen molar-refractivity contribution in [3.63, 3.8) is 0 Å². The van der Waals surface area contributed by atoms with E-state index in [0.717, 1.165) is 18.8 Å². The Kier molecular flexibility index (Phi) is 2.46. The normalized spacial score (nSPS) is 16.5. The van der Waals surface area contributed by atoms with Crippen molar-refractivity contribution in [2.24, 2.45) is 0 Å². The number of hydrogen-bond acceptors (Lipinski definition) is 2. The summed E-state index contributed by atoms with van der Waals surface area (Å²) in [4.78, 5) is 0. The van der Waals surface area contributed by atoms with Crippen molar-refractivity contribution >= 4 is 0 Å². The predicted octanol–water partition coefficient (Wildman–Crippen LogP) is 2.00. The Hall–Kier alpha value is -1.02. The number of ether oxygens (including phenoxy) is 1. The van der Waals surface area contributed by atoms with Crippen molar-refractivity contribution < 1.29 is 4.74 Å². The molecule has 0 saturated carbocycles. The average molecular weight is 191 g/mol. The van der Waals surface area contributed by atoms with E-state index in [-0.39, 0.29) is 0 Å². The number of hydrogen-bond donors (Lipinski definition) is 1. The lowest BCUT2D eigenvalue weighted by Gasteiger charge is -2.29. The third-order valence-electron chi connectivity index (χ3n) is 3.13. The first kappa shape index (κ1) is 9.53. The summed E-state index contributed by atoms with van der Waals surface area (Å²) >= 11 is 0. The van der Waals surface area contributed by atoms with Crippen LogP contribution in [0.15, 0.2) is 12.1 Å². The van der Waals surface area contributed by atoms with E-state index in [0.29, 0.717) is 5.92 Å². The summed E-state index contributed by atoms with van der Waals surface area (Å²) in [6, 6.07) is 4.39. The Morgan fingerprint density at radius 2 is 2.00 bits per heavy atom. The monoisotopic (exact) mass is 191 g/mol. The Morgan fingerprint density at radius 1 is 1.29 bits per heavy atom. The number of rotatable bonds is 2. The average Bonchev–Trinajstić information content (AvgIpc) is 2.09. The molecule has 1 aromatic rings. The minimum absolute atomic E-state index is 0.643. The van der Waals surface area contributed by atoms with Gasteiger partial charge in [0, 0.05) is 24.6 Å². The van der Waals surface area contributed by atoms with Crippen LogP contribution in [0.2, 0.25) is 0 Å². The molecule has 0 amide bonds. The van der Waals surface area contributed by atoms with Gasteiger partial charge in [0.15, 0.2) is 0 Å². The fraction of sp³-hybridized carbons (Fsp3) is 0.500. The fourth-order valence-electron chi connectivity index (χ4n) is 1.91. The molecular formula is C12H17NO. The first-order valence-corrected chi connectivity index (χ1v) is 5.09. The fourth-order valence-corrected chi connectivity index (χ4v) is 1.91. The molecule has 2 rings (SSSR count). The maximum atomic E-state index is 5.49. The van der Waals surface area contributed by atoms with Gasteiger partial charge in [-0.25, -0.2) is 0 Å². The standard InChI is InChI=1S/C12H17NO/c1-8-4-5-11(10-6-13-7-10)12(14-3)9(8)2/h4-5,10,13H,6-7H2,1-3H3. The highest BCUT2D eigenvalue weighted by molar-refractivity contribution is 5.47. The Morgan fingerprint density at radius 3 is 2.50 bits per heavy atom. The van der Waals surface area contributed by atoms with Crippen LogP contribution in [-0.4, -0.2) is 20.2 Å². The van der Waals surface area contributed by atoms with Crippen molar-refractivity contribution in [3.8, 4) is 5.75 Å². The van der Waals surface area contributed by atoms with E-state index < -0.39 is 0 Å².